The van der Waals surface area contributed by atoms with Crippen LogP contribution in [0, 0.1) is 6.92 Å². The Bertz CT molecular complexity index is 763. The van der Waals surface area contributed by atoms with Crippen LogP contribution in [0.15, 0.2) is 60.8 Å². The molecule has 110 valence electrons. The van der Waals surface area contributed by atoms with Gasteiger partial charge in [-0.05, 0) is 31.2 Å². The number of hydrogen-bond acceptors (Lipinski definition) is 3. The summed E-state index contributed by atoms with van der Waals surface area (Å²) >= 11 is 0. The molecule has 5 nitrogen and oxygen atoms in total. The van der Waals surface area contributed by atoms with Crippen molar-refractivity contribution in [2.45, 2.75) is 13.5 Å². The molecule has 0 aliphatic rings. The lowest BCUT2D eigenvalue weighted by Crippen LogP contribution is -2.24. The number of rotatable bonds is 4. The van der Waals surface area contributed by atoms with E-state index in [2.05, 4.69) is 15.6 Å². The van der Waals surface area contributed by atoms with Gasteiger partial charge in [0.1, 0.15) is 0 Å². The molecule has 0 saturated carbocycles. The average molecular weight is 292 g/mol. The van der Waals surface area contributed by atoms with Crippen LogP contribution in [-0.2, 0) is 6.54 Å². The molecule has 0 fully saturated rings. The molecule has 2 aromatic carbocycles. The topological polar surface area (TPSA) is 59.8 Å². The maximum Gasteiger partial charge on any atom is 0.251 e. The summed E-state index contributed by atoms with van der Waals surface area (Å²) in [6, 6.07) is 17.2. The third-order valence-electron chi connectivity index (χ3n) is 3.36. The number of hydrogen-bond donors (Lipinski definition) is 1. The Kier molecular flexibility index (Phi) is 3.96. The van der Waals surface area contributed by atoms with Crippen LogP contribution in [0.4, 0.5) is 0 Å². The van der Waals surface area contributed by atoms with Gasteiger partial charge in [-0.1, -0.05) is 41.1 Å². The van der Waals surface area contributed by atoms with Crippen LogP contribution in [0.5, 0.6) is 0 Å². The lowest BCUT2D eigenvalue weighted by molar-refractivity contribution is 0.0950. The highest BCUT2D eigenvalue weighted by atomic mass is 16.1. The van der Waals surface area contributed by atoms with E-state index in [4.69, 9.17) is 0 Å². The first-order valence-electron chi connectivity index (χ1n) is 7.04. The SMILES string of the molecule is Cc1ccc(C(=O)NCc2cnnn2-c2ccccc2)cc1. The van der Waals surface area contributed by atoms with Crippen LogP contribution < -0.4 is 5.32 Å². The minimum Gasteiger partial charge on any atom is -0.346 e. The van der Waals surface area contributed by atoms with Crippen molar-refractivity contribution in [2.24, 2.45) is 0 Å². The highest BCUT2D eigenvalue weighted by molar-refractivity contribution is 5.94. The Morgan fingerprint density at radius 2 is 1.82 bits per heavy atom. The van der Waals surface area contributed by atoms with Gasteiger partial charge in [-0.3, -0.25) is 4.79 Å². The minimum atomic E-state index is -0.110. The number of para-hydroxylation sites is 1. The Labute approximate surface area is 128 Å². The summed E-state index contributed by atoms with van der Waals surface area (Å²) in [6.07, 6.45) is 1.66. The quantitative estimate of drug-likeness (QED) is 0.803. The Balaban J connectivity index is 1.71. The first-order chi connectivity index (χ1) is 10.7. The molecule has 1 aromatic heterocycles. The molecule has 1 amide bonds. The maximum atomic E-state index is 12.1. The summed E-state index contributed by atoms with van der Waals surface area (Å²) in [6.45, 7) is 2.36. The number of aromatic nitrogens is 3. The van der Waals surface area contributed by atoms with E-state index in [-0.39, 0.29) is 5.91 Å². The van der Waals surface area contributed by atoms with E-state index in [1.165, 1.54) is 0 Å². The number of benzene rings is 2. The fraction of sp³-hybridized carbons (Fsp3) is 0.118. The monoisotopic (exact) mass is 292 g/mol. The van der Waals surface area contributed by atoms with Gasteiger partial charge in [0, 0.05) is 5.56 Å². The summed E-state index contributed by atoms with van der Waals surface area (Å²) in [7, 11) is 0. The van der Waals surface area contributed by atoms with Crippen molar-refractivity contribution in [1.82, 2.24) is 20.3 Å². The molecular weight excluding hydrogens is 276 g/mol. The molecule has 0 radical (unpaired) electrons. The summed E-state index contributed by atoms with van der Waals surface area (Å²) in [5.41, 5.74) is 3.51. The van der Waals surface area contributed by atoms with Crippen molar-refractivity contribution in [1.29, 1.82) is 0 Å². The molecule has 0 atom stereocenters. The maximum absolute atomic E-state index is 12.1. The molecule has 5 heteroatoms. The van der Waals surface area contributed by atoms with Crippen LogP contribution in [0.1, 0.15) is 21.6 Å². The number of nitrogens with zero attached hydrogens (tertiary/aromatic N) is 3. The van der Waals surface area contributed by atoms with Gasteiger partial charge in [0.15, 0.2) is 0 Å². The second kappa shape index (κ2) is 6.22. The van der Waals surface area contributed by atoms with Gasteiger partial charge in [0.05, 0.1) is 24.1 Å². The number of nitrogens with one attached hydrogen (secondary N) is 1. The predicted octanol–water partition coefficient (Wildman–Crippen LogP) is 2.51. The van der Waals surface area contributed by atoms with E-state index in [0.717, 1.165) is 16.9 Å². The molecule has 0 spiro atoms. The number of carbonyl (C=O) groups excluding carboxylic acids is 1. The zero-order chi connectivity index (χ0) is 15.4. The Morgan fingerprint density at radius 3 is 2.55 bits per heavy atom. The van der Waals surface area contributed by atoms with Gasteiger partial charge in [-0.2, -0.15) is 0 Å². The van der Waals surface area contributed by atoms with Gasteiger partial charge in [-0.15, -0.1) is 5.10 Å². The first kappa shape index (κ1) is 14.0. The molecule has 1 N–H and O–H groups in total. The normalized spacial score (nSPS) is 10.4. The molecule has 3 rings (SSSR count). The number of aryl methyl sites for hydroxylation is 1. The van der Waals surface area contributed by atoms with Gasteiger partial charge >= 0.3 is 0 Å². The van der Waals surface area contributed by atoms with E-state index in [0.29, 0.717) is 12.1 Å². The average Bonchev–Trinajstić information content (AvgIpc) is 3.02. The van der Waals surface area contributed by atoms with Crippen LogP contribution in [-0.4, -0.2) is 20.9 Å². The molecule has 0 saturated heterocycles. The van der Waals surface area contributed by atoms with Crippen LogP contribution in [0.3, 0.4) is 0 Å². The number of amides is 1. The zero-order valence-electron chi connectivity index (χ0n) is 12.2. The van der Waals surface area contributed by atoms with Crippen LogP contribution >= 0.6 is 0 Å². The third-order valence-corrected chi connectivity index (χ3v) is 3.36. The second-order valence-corrected chi connectivity index (χ2v) is 5.02. The highest BCUT2D eigenvalue weighted by Gasteiger charge is 2.09. The van der Waals surface area contributed by atoms with Crippen LogP contribution in [0.2, 0.25) is 0 Å². The standard InChI is InChI=1S/C17H16N4O/c1-13-7-9-14(10-8-13)17(22)18-11-16-12-19-20-21(16)15-5-3-2-4-6-15/h2-10,12H,11H2,1H3,(H,18,22). The van der Waals surface area contributed by atoms with Gasteiger partial charge in [0.25, 0.3) is 5.91 Å². The minimum absolute atomic E-state index is 0.110. The Hall–Kier alpha value is -2.95. The van der Waals surface area contributed by atoms with Crippen molar-refractivity contribution in [2.75, 3.05) is 0 Å². The summed E-state index contributed by atoms with van der Waals surface area (Å²) in [5, 5.41) is 10.9. The van der Waals surface area contributed by atoms with Crippen molar-refractivity contribution in [3.8, 4) is 5.69 Å². The third kappa shape index (κ3) is 3.03. The molecule has 3 aromatic rings. The summed E-state index contributed by atoms with van der Waals surface area (Å²) in [4.78, 5) is 12.1. The predicted molar refractivity (Wildman–Crippen MR) is 83.7 cm³/mol. The summed E-state index contributed by atoms with van der Waals surface area (Å²) < 4.78 is 1.72. The van der Waals surface area contributed by atoms with E-state index < -0.39 is 0 Å². The molecular formula is C17H16N4O. The smallest absolute Gasteiger partial charge is 0.251 e. The van der Waals surface area contributed by atoms with Gasteiger partial charge in [0.2, 0.25) is 0 Å². The zero-order valence-corrected chi connectivity index (χ0v) is 12.2. The van der Waals surface area contributed by atoms with E-state index in [1.54, 1.807) is 10.9 Å². The van der Waals surface area contributed by atoms with Gasteiger partial charge in [-0.25, -0.2) is 4.68 Å². The summed E-state index contributed by atoms with van der Waals surface area (Å²) in [5.74, 6) is -0.110. The van der Waals surface area contributed by atoms with Gasteiger partial charge < -0.3 is 5.32 Å². The molecule has 0 aliphatic carbocycles. The lowest BCUT2D eigenvalue weighted by Gasteiger charge is -2.08. The molecule has 1 heterocycles. The molecule has 22 heavy (non-hydrogen) atoms. The van der Waals surface area contributed by atoms with Crippen molar-refractivity contribution in [3.05, 3.63) is 77.6 Å². The first-order valence-corrected chi connectivity index (χ1v) is 7.04. The van der Waals surface area contributed by atoms with Crippen molar-refractivity contribution < 1.29 is 4.79 Å². The highest BCUT2D eigenvalue weighted by Crippen LogP contribution is 2.09. The largest absolute Gasteiger partial charge is 0.346 e. The fourth-order valence-corrected chi connectivity index (χ4v) is 2.14. The molecule has 0 bridgehead atoms. The fourth-order valence-electron chi connectivity index (χ4n) is 2.14. The molecule has 0 aliphatic heterocycles. The van der Waals surface area contributed by atoms with Crippen molar-refractivity contribution in [3.63, 3.8) is 0 Å². The Morgan fingerprint density at radius 1 is 1.09 bits per heavy atom. The molecule has 0 unspecified atom stereocenters. The number of carbonyl (C=O) groups is 1. The lowest BCUT2D eigenvalue weighted by atomic mass is 10.1. The second-order valence-electron chi connectivity index (χ2n) is 5.02. The van der Waals surface area contributed by atoms with E-state index in [1.807, 2.05) is 61.5 Å². The van der Waals surface area contributed by atoms with Crippen LogP contribution in [0.25, 0.3) is 5.69 Å². The van der Waals surface area contributed by atoms with E-state index in [9.17, 15) is 4.79 Å². The van der Waals surface area contributed by atoms with E-state index >= 15 is 0 Å². The van der Waals surface area contributed by atoms with Crippen molar-refractivity contribution >= 4 is 5.91 Å².